The topological polar surface area (TPSA) is 50.1 Å². The van der Waals surface area contributed by atoms with Crippen molar-refractivity contribution in [2.75, 3.05) is 6.61 Å². The maximum atomic E-state index is 12.3. The highest BCUT2D eigenvalue weighted by Gasteiger charge is 2.22. The lowest BCUT2D eigenvalue weighted by atomic mass is 9.93. The predicted octanol–water partition coefficient (Wildman–Crippen LogP) is 4.40. The third-order valence-electron chi connectivity index (χ3n) is 2.77. The maximum absolute atomic E-state index is 12.3. The Morgan fingerprint density at radius 2 is 2.15 bits per heavy atom. The summed E-state index contributed by atoms with van der Waals surface area (Å²) in [6.07, 6.45) is 0. The Morgan fingerprint density at radius 3 is 2.65 bits per heavy atom. The van der Waals surface area contributed by atoms with E-state index in [0.29, 0.717) is 17.7 Å². The van der Waals surface area contributed by atoms with Gasteiger partial charge in [-0.15, -0.1) is 11.3 Å². The van der Waals surface area contributed by atoms with E-state index in [1.807, 2.05) is 6.92 Å². The fourth-order valence-electron chi connectivity index (χ4n) is 1.81. The van der Waals surface area contributed by atoms with Crippen LogP contribution in [0.25, 0.3) is 0 Å². The Kier molecular flexibility index (Phi) is 4.94. The van der Waals surface area contributed by atoms with Crippen LogP contribution in [0.2, 0.25) is 0 Å². The summed E-state index contributed by atoms with van der Waals surface area (Å²) in [4.78, 5) is 12.3. The first-order valence-corrected chi connectivity index (χ1v) is 7.73. The Balaban J connectivity index is 2.24. The molecule has 1 atom stereocenters. The molecule has 3 nitrogen and oxygen atoms in total. The number of Topliss-reactive ketones (excluding diaryl/α,β-unsaturated/α-hetero) is 1. The van der Waals surface area contributed by atoms with E-state index in [9.17, 15) is 10.1 Å². The van der Waals surface area contributed by atoms with Crippen LogP contribution in [0.5, 0.6) is 5.75 Å². The molecule has 2 rings (SSSR count). The number of halogens is 1. The second-order valence-corrected chi connectivity index (χ2v) is 6.36. The van der Waals surface area contributed by atoms with Crippen LogP contribution in [0.4, 0.5) is 0 Å². The van der Waals surface area contributed by atoms with Crippen LogP contribution in [0.15, 0.2) is 39.5 Å². The number of carbonyl (C=O) groups excluding carboxylic acids is 1. The molecule has 0 bridgehead atoms. The number of hydrogen-bond acceptors (Lipinski definition) is 4. The first-order valence-electron chi connectivity index (χ1n) is 6.06. The van der Waals surface area contributed by atoms with Gasteiger partial charge in [0, 0.05) is 10.9 Å². The van der Waals surface area contributed by atoms with E-state index in [-0.39, 0.29) is 5.78 Å². The molecule has 0 aliphatic rings. The first kappa shape index (κ1) is 14.8. The molecular weight excluding hydrogens is 338 g/mol. The van der Waals surface area contributed by atoms with Crippen LogP contribution >= 0.6 is 27.3 Å². The van der Waals surface area contributed by atoms with Gasteiger partial charge in [-0.1, -0.05) is 12.1 Å². The number of benzene rings is 1. The summed E-state index contributed by atoms with van der Waals surface area (Å²) in [7, 11) is 0. The number of nitrogens with zero attached hydrogens (tertiary/aromatic N) is 1. The number of thiophene rings is 1. The van der Waals surface area contributed by atoms with Crippen molar-refractivity contribution in [3.05, 3.63) is 50.6 Å². The van der Waals surface area contributed by atoms with E-state index in [1.165, 1.54) is 11.3 Å². The van der Waals surface area contributed by atoms with Crippen molar-refractivity contribution < 1.29 is 9.53 Å². The Morgan fingerprint density at radius 1 is 1.45 bits per heavy atom. The molecule has 20 heavy (non-hydrogen) atoms. The summed E-state index contributed by atoms with van der Waals surface area (Å²) < 4.78 is 6.23. The summed E-state index contributed by atoms with van der Waals surface area (Å²) in [5, 5.41) is 11.0. The molecule has 0 radical (unpaired) electrons. The molecule has 0 N–H and O–H groups in total. The van der Waals surface area contributed by atoms with Gasteiger partial charge in [-0.05, 0) is 46.6 Å². The van der Waals surface area contributed by atoms with E-state index in [0.717, 1.165) is 9.54 Å². The van der Waals surface area contributed by atoms with Crippen molar-refractivity contribution in [3.63, 3.8) is 0 Å². The quantitative estimate of drug-likeness (QED) is 0.751. The van der Waals surface area contributed by atoms with E-state index in [1.54, 1.807) is 35.7 Å². The van der Waals surface area contributed by atoms with Crippen molar-refractivity contribution in [1.82, 2.24) is 0 Å². The molecule has 0 saturated carbocycles. The minimum atomic E-state index is -0.785. The van der Waals surface area contributed by atoms with Crippen molar-refractivity contribution in [2.45, 2.75) is 12.8 Å². The molecule has 5 heteroatoms. The average molecular weight is 350 g/mol. The van der Waals surface area contributed by atoms with E-state index < -0.39 is 5.92 Å². The fraction of sp³-hybridized carbons (Fsp3) is 0.200. The summed E-state index contributed by atoms with van der Waals surface area (Å²) >= 11 is 4.75. The van der Waals surface area contributed by atoms with Crippen LogP contribution < -0.4 is 4.74 Å². The Hall–Kier alpha value is -1.64. The molecule has 0 fully saturated rings. The van der Waals surface area contributed by atoms with Gasteiger partial charge >= 0.3 is 0 Å². The number of ether oxygens (including phenoxy) is 1. The lowest BCUT2D eigenvalue weighted by Crippen LogP contribution is -2.10. The predicted molar refractivity (Wildman–Crippen MR) is 82.3 cm³/mol. The molecule has 0 saturated heterocycles. The molecule has 1 unspecified atom stereocenters. The van der Waals surface area contributed by atoms with Crippen LogP contribution in [-0.2, 0) is 0 Å². The van der Waals surface area contributed by atoms with Crippen LogP contribution in [-0.4, -0.2) is 12.4 Å². The maximum Gasteiger partial charge on any atom is 0.185 e. The number of rotatable bonds is 5. The molecule has 2 aromatic rings. The third kappa shape index (κ3) is 3.27. The van der Waals surface area contributed by atoms with Gasteiger partial charge in [0.1, 0.15) is 11.7 Å². The molecule has 1 heterocycles. The number of nitriles is 1. The summed E-state index contributed by atoms with van der Waals surface area (Å²) in [6.45, 7) is 2.49. The number of ketones is 1. The second kappa shape index (κ2) is 6.69. The first-order chi connectivity index (χ1) is 9.65. The molecule has 1 aromatic heterocycles. The Bertz CT molecular complexity index is 643. The minimum Gasteiger partial charge on any atom is -0.494 e. The van der Waals surface area contributed by atoms with Crippen LogP contribution in [0, 0.1) is 11.3 Å². The third-order valence-corrected chi connectivity index (χ3v) is 4.27. The molecule has 0 amide bonds. The zero-order chi connectivity index (χ0) is 14.5. The van der Waals surface area contributed by atoms with Crippen LogP contribution in [0.3, 0.4) is 0 Å². The van der Waals surface area contributed by atoms with Gasteiger partial charge < -0.3 is 4.74 Å². The van der Waals surface area contributed by atoms with Crippen molar-refractivity contribution in [1.29, 1.82) is 5.26 Å². The van der Waals surface area contributed by atoms with Crippen molar-refractivity contribution >= 4 is 33.0 Å². The number of carbonyl (C=O) groups is 1. The monoisotopic (exact) mass is 349 g/mol. The zero-order valence-corrected chi connectivity index (χ0v) is 13.2. The van der Waals surface area contributed by atoms with Gasteiger partial charge in [-0.25, -0.2) is 0 Å². The molecule has 1 aromatic carbocycles. The minimum absolute atomic E-state index is 0.182. The highest BCUT2D eigenvalue weighted by Crippen LogP contribution is 2.27. The molecule has 0 aliphatic heterocycles. The van der Waals surface area contributed by atoms with Gasteiger partial charge in [-0.2, -0.15) is 5.26 Å². The molecule has 0 aliphatic carbocycles. The standard InChI is InChI=1S/C15H12BrNO2S/c1-2-19-12-5-3-10(4-6-12)13(8-17)15(18)11-7-14(16)20-9-11/h3-7,9,13H,2H2,1H3. The smallest absolute Gasteiger partial charge is 0.185 e. The summed E-state index contributed by atoms with van der Waals surface area (Å²) in [5.74, 6) is -0.232. The van der Waals surface area contributed by atoms with Crippen LogP contribution in [0.1, 0.15) is 28.8 Å². The molecule has 0 spiro atoms. The highest BCUT2D eigenvalue weighted by atomic mass is 79.9. The lowest BCUT2D eigenvalue weighted by Gasteiger charge is -2.09. The van der Waals surface area contributed by atoms with E-state index in [2.05, 4.69) is 22.0 Å². The molecular formula is C15H12BrNO2S. The van der Waals surface area contributed by atoms with Gasteiger partial charge in [0.25, 0.3) is 0 Å². The zero-order valence-electron chi connectivity index (χ0n) is 10.8. The normalized spacial score (nSPS) is 11.7. The summed E-state index contributed by atoms with van der Waals surface area (Å²) in [5.41, 5.74) is 1.24. The second-order valence-electron chi connectivity index (χ2n) is 4.07. The number of hydrogen-bond donors (Lipinski definition) is 0. The highest BCUT2D eigenvalue weighted by molar-refractivity contribution is 9.11. The largest absolute Gasteiger partial charge is 0.494 e. The lowest BCUT2D eigenvalue weighted by molar-refractivity contribution is 0.0979. The van der Waals surface area contributed by atoms with Gasteiger partial charge in [0.15, 0.2) is 5.78 Å². The van der Waals surface area contributed by atoms with Crippen molar-refractivity contribution in [3.8, 4) is 11.8 Å². The average Bonchev–Trinajstić information content (AvgIpc) is 2.88. The van der Waals surface area contributed by atoms with E-state index in [4.69, 9.17) is 4.74 Å². The van der Waals surface area contributed by atoms with E-state index >= 15 is 0 Å². The molecule has 102 valence electrons. The van der Waals surface area contributed by atoms with Gasteiger partial charge in [0.05, 0.1) is 16.5 Å². The van der Waals surface area contributed by atoms with Gasteiger partial charge in [-0.3, -0.25) is 4.79 Å². The van der Waals surface area contributed by atoms with Crippen molar-refractivity contribution in [2.24, 2.45) is 0 Å². The SMILES string of the molecule is CCOc1ccc(C(C#N)C(=O)c2csc(Br)c2)cc1. The fourth-order valence-corrected chi connectivity index (χ4v) is 2.96. The Labute approximate surface area is 129 Å². The van der Waals surface area contributed by atoms with Gasteiger partial charge in [0.2, 0.25) is 0 Å². The summed E-state index contributed by atoms with van der Waals surface area (Å²) in [6, 6.07) is 10.9.